The number of oxazole rings is 1. The third-order valence-electron chi connectivity index (χ3n) is 4.24. The van der Waals surface area contributed by atoms with Crippen LogP contribution in [0.1, 0.15) is 15.2 Å². The van der Waals surface area contributed by atoms with Gasteiger partial charge in [-0.3, -0.25) is 4.79 Å². The molecule has 0 aliphatic heterocycles. The number of anilines is 1. The Bertz CT molecular complexity index is 1120. The van der Waals surface area contributed by atoms with Gasteiger partial charge in [-0.05, 0) is 48.4 Å². The highest BCUT2D eigenvalue weighted by molar-refractivity contribution is 7.15. The van der Waals surface area contributed by atoms with Crippen LogP contribution in [0, 0.1) is 18.6 Å². The largest absolute Gasteiger partial charge is 0.443 e. The van der Waals surface area contributed by atoms with Gasteiger partial charge in [-0.1, -0.05) is 18.2 Å². The molecule has 0 atom stereocenters. The highest BCUT2D eigenvalue weighted by atomic mass is 32.1. The van der Waals surface area contributed by atoms with Gasteiger partial charge in [-0.25, -0.2) is 13.8 Å². The Morgan fingerprint density at radius 2 is 1.82 bits per heavy atom. The molecule has 0 radical (unpaired) electrons. The SMILES string of the molecule is Cc1sc(-c2cnco2)cc1-c1ccc(NC(=O)c2c(F)cccc2F)cc1. The van der Waals surface area contributed by atoms with E-state index in [0.29, 0.717) is 11.4 Å². The van der Waals surface area contributed by atoms with E-state index in [1.165, 1.54) is 12.5 Å². The number of amides is 1. The molecule has 4 rings (SSSR count). The van der Waals surface area contributed by atoms with Crippen LogP contribution in [0.5, 0.6) is 0 Å². The number of hydrogen-bond donors (Lipinski definition) is 1. The Balaban J connectivity index is 1.56. The van der Waals surface area contributed by atoms with Crippen molar-refractivity contribution in [3.05, 3.63) is 83.2 Å². The maximum Gasteiger partial charge on any atom is 0.261 e. The molecule has 0 unspecified atom stereocenters. The molecule has 140 valence electrons. The van der Waals surface area contributed by atoms with Crippen molar-refractivity contribution in [2.24, 2.45) is 0 Å². The lowest BCUT2D eigenvalue weighted by molar-refractivity contribution is 0.101. The van der Waals surface area contributed by atoms with Gasteiger partial charge in [-0.2, -0.15) is 0 Å². The number of carbonyl (C=O) groups excluding carboxylic acids is 1. The summed E-state index contributed by atoms with van der Waals surface area (Å²) in [5.74, 6) is -1.93. The standard InChI is InChI=1S/C21H14F2N2O2S/c1-12-15(9-19(28-12)18-10-24-11-27-18)13-5-7-14(8-6-13)25-21(26)20-16(22)3-2-4-17(20)23/h2-11H,1H3,(H,25,26). The molecule has 2 aromatic heterocycles. The summed E-state index contributed by atoms with van der Waals surface area (Å²) in [7, 11) is 0. The van der Waals surface area contributed by atoms with Gasteiger partial charge in [0.25, 0.3) is 5.91 Å². The molecule has 0 saturated carbocycles. The Kier molecular flexibility index (Phi) is 4.75. The third-order valence-corrected chi connectivity index (χ3v) is 5.30. The molecule has 0 aliphatic rings. The first kappa shape index (κ1) is 18.1. The van der Waals surface area contributed by atoms with Crippen LogP contribution >= 0.6 is 11.3 Å². The summed E-state index contributed by atoms with van der Waals surface area (Å²) < 4.78 is 32.8. The fraction of sp³-hybridized carbons (Fsp3) is 0.0476. The van der Waals surface area contributed by atoms with Crippen molar-refractivity contribution in [1.82, 2.24) is 4.98 Å². The molecular formula is C21H14F2N2O2S. The molecule has 4 aromatic rings. The molecule has 0 fully saturated rings. The summed E-state index contributed by atoms with van der Waals surface area (Å²) in [6, 6.07) is 12.4. The lowest BCUT2D eigenvalue weighted by Crippen LogP contribution is -2.15. The summed E-state index contributed by atoms with van der Waals surface area (Å²) in [5, 5.41) is 2.52. The van der Waals surface area contributed by atoms with Crippen molar-refractivity contribution < 1.29 is 18.0 Å². The summed E-state index contributed by atoms with van der Waals surface area (Å²) in [4.78, 5) is 18.2. The Labute approximate surface area is 163 Å². The smallest absolute Gasteiger partial charge is 0.261 e. The molecule has 2 heterocycles. The van der Waals surface area contributed by atoms with Crippen molar-refractivity contribution in [2.45, 2.75) is 6.92 Å². The van der Waals surface area contributed by atoms with Gasteiger partial charge in [0.1, 0.15) is 17.2 Å². The number of halogens is 2. The lowest BCUT2D eigenvalue weighted by Gasteiger charge is -2.08. The van der Waals surface area contributed by atoms with E-state index in [-0.39, 0.29) is 0 Å². The van der Waals surface area contributed by atoms with Crippen molar-refractivity contribution >= 4 is 22.9 Å². The van der Waals surface area contributed by atoms with Gasteiger partial charge >= 0.3 is 0 Å². The highest BCUT2D eigenvalue weighted by Crippen LogP contribution is 2.37. The normalized spacial score (nSPS) is 10.8. The van der Waals surface area contributed by atoms with Crippen LogP contribution in [0.2, 0.25) is 0 Å². The van der Waals surface area contributed by atoms with E-state index in [9.17, 15) is 13.6 Å². The van der Waals surface area contributed by atoms with Crippen LogP contribution in [-0.4, -0.2) is 10.9 Å². The molecule has 0 saturated heterocycles. The first-order chi connectivity index (χ1) is 13.5. The fourth-order valence-corrected chi connectivity index (χ4v) is 3.86. The van der Waals surface area contributed by atoms with Gasteiger partial charge in [0, 0.05) is 10.6 Å². The van der Waals surface area contributed by atoms with Crippen LogP contribution in [-0.2, 0) is 0 Å². The zero-order chi connectivity index (χ0) is 19.7. The number of nitrogens with one attached hydrogen (secondary N) is 1. The van der Waals surface area contributed by atoms with Gasteiger partial charge < -0.3 is 9.73 Å². The van der Waals surface area contributed by atoms with Crippen LogP contribution < -0.4 is 5.32 Å². The number of benzene rings is 2. The van der Waals surface area contributed by atoms with E-state index in [1.807, 2.05) is 25.1 Å². The number of nitrogens with zero attached hydrogens (tertiary/aromatic N) is 1. The average Bonchev–Trinajstić information content (AvgIpc) is 3.32. The molecule has 0 spiro atoms. The van der Waals surface area contributed by atoms with Crippen molar-refractivity contribution in [3.63, 3.8) is 0 Å². The minimum Gasteiger partial charge on any atom is -0.443 e. The van der Waals surface area contributed by atoms with Crippen LogP contribution in [0.15, 0.2) is 65.5 Å². The molecule has 28 heavy (non-hydrogen) atoms. The van der Waals surface area contributed by atoms with Crippen molar-refractivity contribution in [3.8, 4) is 21.8 Å². The van der Waals surface area contributed by atoms with Crippen LogP contribution in [0.25, 0.3) is 21.8 Å². The molecular weight excluding hydrogens is 382 g/mol. The Morgan fingerprint density at radius 1 is 1.11 bits per heavy atom. The predicted octanol–water partition coefficient (Wildman–Crippen LogP) is 5.91. The molecule has 1 N–H and O–H groups in total. The lowest BCUT2D eigenvalue weighted by atomic mass is 10.1. The fourth-order valence-electron chi connectivity index (χ4n) is 2.87. The molecule has 7 heteroatoms. The number of thiophene rings is 1. The highest BCUT2D eigenvalue weighted by Gasteiger charge is 2.17. The number of carbonyl (C=O) groups is 1. The second-order valence-electron chi connectivity index (χ2n) is 6.07. The Morgan fingerprint density at radius 3 is 2.46 bits per heavy atom. The average molecular weight is 396 g/mol. The monoisotopic (exact) mass is 396 g/mol. The molecule has 2 aromatic carbocycles. The van der Waals surface area contributed by atoms with E-state index in [4.69, 9.17) is 4.42 Å². The summed E-state index contributed by atoms with van der Waals surface area (Å²) in [6.07, 6.45) is 3.05. The van der Waals surface area contributed by atoms with Crippen molar-refractivity contribution in [2.75, 3.05) is 5.32 Å². The van der Waals surface area contributed by atoms with E-state index < -0.39 is 23.1 Å². The minimum atomic E-state index is -0.900. The summed E-state index contributed by atoms with van der Waals surface area (Å²) in [6.45, 7) is 2.01. The Hall–Kier alpha value is -3.32. The third kappa shape index (κ3) is 3.44. The van der Waals surface area contributed by atoms with Crippen molar-refractivity contribution in [1.29, 1.82) is 0 Å². The first-order valence-corrected chi connectivity index (χ1v) is 9.19. The van der Waals surface area contributed by atoms with Crippen LogP contribution in [0.4, 0.5) is 14.5 Å². The maximum absolute atomic E-state index is 13.7. The van der Waals surface area contributed by atoms with Gasteiger partial charge in [0.05, 0.1) is 11.1 Å². The minimum absolute atomic E-state index is 0.444. The number of rotatable bonds is 4. The number of aromatic nitrogens is 1. The topological polar surface area (TPSA) is 55.1 Å². The quantitative estimate of drug-likeness (QED) is 0.467. The maximum atomic E-state index is 13.7. The zero-order valence-electron chi connectivity index (χ0n) is 14.7. The first-order valence-electron chi connectivity index (χ1n) is 8.38. The zero-order valence-corrected chi connectivity index (χ0v) is 15.5. The van der Waals surface area contributed by atoms with E-state index >= 15 is 0 Å². The van der Waals surface area contributed by atoms with Gasteiger partial charge in [0.15, 0.2) is 12.2 Å². The van der Waals surface area contributed by atoms with E-state index in [0.717, 1.165) is 33.0 Å². The van der Waals surface area contributed by atoms with Gasteiger partial charge in [0.2, 0.25) is 0 Å². The molecule has 4 nitrogen and oxygen atoms in total. The number of aryl methyl sites for hydroxylation is 1. The predicted molar refractivity (Wildman–Crippen MR) is 104 cm³/mol. The van der Waals surface area contributed by atoms with Gasteiger partial charge in [-0.15, -0.1) is 11.3 Å². The molecule has 0 bridgehead atoms. The number of hydrogen-bond acceptors (Lipinski definition) is 4. The summed E-state index contributed by atoms with van der Waals surface area (Å²) in [5.41, 5.74) is 1.83. The summed E-state index contributed by atoms with van der Waals surface area (Å²) >= 11 is 1.60. The van der Waals surface area contributed by atoms with E-state index in [1.54, 1.807) is 29.7 Å². The second-order valence-corrected chi connectivity index (χ2v) is 7.33. The molecule has 0 aliphatic carbocycles. The second kappa shape index (κ2) is 7.36. The van der Waals surface area contributed by atoms with Crippen LogP contribution in [0.3, 0.4) is 0 Å². The van der Waals surface area contributed by atoms with E-state index in [2.05, 4.69) is 10.3 Å². The molecule has 1 amide bonds.